The average molecular weight is 428 g/mol. The Balaban J connectivity index is 1.94. The molecule has 0 aliphatic rings. The van der Waals surface area contributed by atoms with Crippen LogP contribution in [0.15, 0.2) is 78.9 Å². The monoisotopic (exact) mass is 427 g/mol. The van der Waals surface area contributed by atoms with Crippen molar-refractivity contribution in [2.24, 2.45) is 0 Å². The first kappa shape index (κ1) is 21.1. The molecule has 0 spiro atoms. The number of aromatic hydroxyl groups is 3. The van der Waals surface area contributed by atoms with Gasteiger partial charge in [0.15, 0.2) is 5.75 Å². The molecule has 4 aromatic carbocycles. The highest BCUT2D eigenvalue weighted by atomic mass is 16.5. The van der Waals surface area contributed by atoms with Gasteiger partial charge in [-0.3, -0.25) is 4.90 Å². The van der Waals surface area contributed by atoms with E-state index in [0.717, 1.165) is 11.1 Å². The number of hydrogen-bond acceptors (Lipinski definition) is 5. The van der Waals surface area contributed by atoms with Gasteiger partial charge in [-0.1, -0.05) is 36.4 Å². The van der Waals surface area contributed by atoms with Crippen molar-refractivity contribution in [3.05, 3.63) is 95.6 Å². The summed E-state index contributed by atoms with van der Waals surface area (Å²) >= 11 is 0. The van der Waals surface area contributed by atoms with Crippen LogP contribution in [0.3, 0.4) is 0 Å². The second-order valence-corrected chi connectivity index (χ2v) is 7.74. The van der Waals surface area contributed by atoms with Gasteiger partial charge in [-0.2, -0.15) is 0 Å². The van der Waals surface area contributed by atoms with E-state index in [1.807, 2.05) is 55.1 Å². The van der Waals surface area contributed by atoms with Gasteiger partial charge in [0.25, 0.3) is 0 Å². The van der Waals surface area contributed by atoms with E-state index in [2.05, 4.69) is 0 Å². The van der Waals surface area contributed by atoms with Crippen LogP contribution >= 0.6 is 0 Å². The van der Waals surface area contributed by atoms with Crippen LogP contribution in [0, 0.1) is 20.8 Å². The number of phenolic OH excluding ortho intramolecular Hbond substituents is 3. The molecule has 0 radical (unpaired) electrons. The van der Waals surface area contributed by atoms with Crippen molar-refractivity contribution in [1.82, 2.24) is 0 Å². The summed E-state index contributed by atoms with van der Waals surface area (Å²) in [5.74, 6) is 1.46. The van der Waals surface area contributed by atoms with E-state index in [4.69, 9.17) is 4.74 Å². The van der Waals surface area contributed by atoms with Crippen molar-refractivity contribution < 1.29 is 20.1 Å². The van der Waals surface area contributed by atoms with Crippen molar-refractivity contribution in [2.45, 2.75) is 20.8 Å². The molecule has 0 saturated carbocycles. The highest BCUT2D eigenvalue weighted by Gasteiger charge is 2.25. The molecule has 0 unspecified atom stereocenters. The Morgan fingerprint density at radius 3 is 1.75 bits per heavy atom. The maximum absolute atomic E-state index is 10.8. The molecule has 4 rings (SSSR count). The fourth-order valence-electron chi connectivity index (χ4n) is 3.77. The van der Waals surface area contributed by atoms with Crippen molar-refractivity contribution in [3.8, 4) is 28.7 Å². The van der Waals surface area contributed by atoms with Crippen LogP contribution in [-0.2, 0) is 0 Å². The molecular formula is C27H25NO4. The molecule has 0 saturated heterocycles. The summed E-state index contributed by atoms with van der Waals surface area (Å²) in [5.41, 5.74) is 4.12. The molecule has 0 aromatic heterocycles. The molecule has 0 fully saturated rings. The van der Waals surface area contributed by atoms with Crippen LogP contribution < -0.4 is 9.64 Å². The normalized spacial score (nSPS) is 10.7. The topological polar surface area (TPSA) is 73.2 Å². The van der Waals surface area contributed by atoms with E-state index < -0.39 is 0 Å². The minimum Gasteiger partial charge on any atom is -0.508 e. The fraction of sp³-hybridized carbons (Fsp3) is 0.111. The molecule has 0 atom stereocenters. The van der Waals surface area contributed by atoms with Crippen LogP contribution in [0.4, 0.5) is 17.1 Å². The summed E-state index contributed by atoms with van der Waals surface area (Å²) in [4.78, 5) is 1.82. The zero-order valence-corrected chi connectivity index (χ0v) is 18.2. The molecule has 0 bridgehead atoms. The second-order valence-electron chi connectivity index (χ2n) is 7.74. The first-order valence-corrected chi connectivity index (χ1v) is 10.3. The molecule has 5 heteroatoms. The maximum atomic E-state index is 10.8. The van der Waals surface area contributed by atoms with E-state index in [1.165, 1.54) is 0 Å². The van der Waals surface area contributed by atoms with Gasteiger partial charge in [-0.15, -0.1) is 0 Å². The molecule has 0 aliphatic carbocycles. The largest absolute Gasteiger partial charge is 0.508 e. The first-order chi connectivity index (χ1) is 15.4. The van der Waals surface area contributed by atoms with E-state index in [0.29, 0.717) is 34.1 Å². The van der Waals surface area contributed by atoms with Gasteiger partial charge in [0, 0.05) is 0 Å². The van der Waals surface area contributed by atoms with E-state index in [1.54, 1.807) is 49.4 Å². The van der Waals surface area contributed by atoms with Gasteiger partial charge >= 0.3 is 0 Å². The number of aryl methyl sites for hydroxylation is 3. The van der Waals surface area contributed by atoms with Crippen molar-refractivity contribution in [2.75, 3.05) is 4.90 Å². The lowest BCUT2D eigenvalue weighted by Gasteiger charge is -2.30. The number of nitrogens with zero attached hydrogens (tertiary/aromatic N) is 1. The Hall–Kier alpha value is -4.12. The number of benzene rings is 4. The Bertz CT molecular complexity index is 1190. The smallest absolute Gasteiger partial charge is 0.151 e. The van der Waals surface area contributed by atoms with Crippen LogP contribution in [0.2, 0.25) is 0 Å². The molecule has 5 nitrogen and oxygen atoms in total. The number of hydrogen-bond donors (Lipinski definition) is 3. The Morgan fingerprint density at radius 2 is 1.19 bits per heavy atom. The number of para-hydroxylation sites is 4. The summed E-state index contributed by atoms with van der Waals surface area (Å²) in [6, 6.07) is 23.1. The Labute approximate surface area is 187 Å². The summed E-state index contributed by atoms with van der Waals surface area (Å²) in [6.07, 6.45) is 0. The van der Waals surface area contributed by atoms with Gasteiger partial charge in [-0.05, 0) is 79.9 Å². The van der Waals surface area contributed by atoms with Gasteiger partial charge in [0.2, 0.25) is 0 Å². The maximum Gasteiger partial charge on any atom is 0.151 e. The summed E-state index contributed by atoms with van der Waals surface area (Å²) in [5, 5.41) is 31.5. The van der Waals surface area contributed by atoms with Crippen LogP contribution in [0.25, 0.3) is 0 Å². The molecule has 0 heterocycles. The summed E-state index contributed by atoms with van der Waals surface area (Å²) < 4.78 is 6.21. The standard InChI is InChI=1S/C27H25NO4/c1-17-8-6-11-23(30)26(17)28(27-18(2)9-7-12-24(27)31)21-10-4-5-13-25(21)32-20-14-15-22(29)19(3)16-20/h4-16,29-31H,1-3H3. The minimum absolute atomic E-state index is 0.0860. The second kappa shape index (κ2) is 8.55. The van der Waals surface area contributed by atoms with Gasteiger partial charge in [0.1, 0.15) is 23.0 Å². The molecule has 162 valence electrons. The Kier molecular flexibility index (Phi) is 5.65. The number of ether oxygens (including phenoxy) is 1. The van der Waals surface area contributed by atoms with E-state index in [-0.39, 0.29) is 17.2 Å². The van der Waals surface area contributed by atoms with Crippen molar-refractivity contribution in [1.29, 1.82) is 0 Å². The fourth-order valence-corrected chi connectivity index (χ4v) is 3.77. The van der Waals surface area contributed by atoms with Gasteiger partial charge in [-0.25, -0.2) is 0 Å². The predicted molar refractivity (Wildman–Crippen MR) is 127 cm³/mol. The molecule has 3 N–H and O–H groups in total. The van der Waals surface area contributed by atoms with Crippen molar-refractivity contribution in [3.63, 3.8) is 0 Å². The first-order valence-electron chi connectivity index (χ1n) is 10.3. The third-order valence-corrected chi connectivity index (χ3v) is 5.38. The SMILES string of the molecule is Cc1cc(Oc2ccccc2N(c2c(C)cccc2O)c2c(C)cccc2O)ccc1O. The zero-order valence-electron chi connectivity index (χ0n) is 18.2. The van der Waals surface area contributed by atoms with Crippen LogP contribution in [0.5, 0.6) is 28.7 Å². The molecule has 32 heavy (non-hydrogen) atoms. The molecular weight excluding hydrogens is 402 g/mol. The molecule has 0 amide bonds. The highest BCUT2D eigenvalue weighted by Crippen LogP contribution is 2.49. The lowest BCUT2D eigenvalue weighted by Crippen LogP contribution is -2.14. The van der Waals surface area contributed by atoms with Gasteiger partial charge < -0.3 is 20.1 Å². The molecule has 4 aromatic rings. The number of rotatable bonds is 5. The van der Waals surface area contributed by atoms with Crippen LogP contribution in [0.1, 0.15) is 16.7 Å². The lowest BCUT2D eigenvalue weighted by atomic mass is 10.1. The summed E-state index contributed by atoms with van der Waals surface area (Å²) in [6.45, 7) is 5.62. The third-order valence-electron chi connectivity index (χ3n) is 5.38. The number of anilines is 3. The Morgan fingerprint density at radius 1 is 0.594 bits per heavy atom. The third kappa shape index (κ3) is 3.93. The van der Waals surface area contributed by atoms with Crippen LogP contribution in [-0.4, -0.2) is 15.3 Å². The van der Waals surface area contributed by atoms with E-state index >= 15 is 0 Å². The predicted octanol–water partition coefficient (Wildman–Crippen LogP) is 6.99. The minimum atomic E-state index is 0.0860. The zero-order chi connectivity index (χ0) is 22.8. The van der Waals surface area contributed by atoms with Gasteiger partial charge in [0.05, 0.1) is 17.1 Å². The highest BCUT2D eigenvalue weighted by molar-refractivity contribution is 5.88. The number of phenols is 3. The molecule has 0 aliphatic heterocycles. The average Bonchev–Trinajstić information content (AvgIpc) is 2.75. The quantitative estimate of drug-likeness (QED) is 0.320. The lowest BCUT2D eigenvalue weighted by molar-refractivity contribution is 0.460. The summed E-state index contributed by atoms with van der Waals surface area (Å²) in [7, 11) is 0. The van der Waals surface area contributed by atoms with E-state index in [9.17, 15) is 15.3 Å². The van der Waals surface area contributed by atoms with Crippen molar-refractivity contribution >= 4 is 17.1 Å².